The molecule has 29 heavy (non-hydrogen) atoms. The lowest BCUT2D eigenvalue weighted by atomic mass is 10.1. The molecule has 0 saturated carbocycles. The van der Waals surface area contributed by atoms with E-state index in [1.54, 1.807) is 0 Å². The lowest BCUT2D eigenvalue weighted by molar-refractivity contribution is 0.0893. The van der Waals surface area contributed by atoms with Gasteiger partial charge in [0.25, 0.3) is 5.91 Å². The van der Waals surface area contributed by atoms with E-state index in [1.165, 1.54) is 28.6 Å². The van der Waals surface area contributed by atoms with Crippen LogP contribution in [0.4, 0.5) is 6.01 Å². The molecule has 2 unspecified atom stereocenters. The number of piperidine rings is 1. The zero-order chi connectivity index (χ0) is 20.4. The maximum absolute atomic E-state index is 12.9. The van der Waals surface area contributed by atoms with Crippen molar-refractivity contribution in [1.29, 1.82) is 0 Å². The predicted molar refractivity (Wildman–Crippen MR) is 104 cm³/mol. The quantitative estimate of drug-likeness (QED) is 0.791. The maximum Gasteiger partial charge on any atom is 0.322 e. The van der Waals surface area contributed by atoms with Crippen molar-refractivity contribution >= 4 is 21.9 Å². The van der Waals surface area contributed by atoms with Gasteiger partial charge in [0, 0.05) is 24.8 Å². The third kappa shape index (κ3) is 4.19. The Bertz CT molecular complexity index is 967. The van der Waals surface area contributed by atoms with E-state index in [0.29, 0.717) is 24.6 Å². The summed E-state index contributed by atoms with van der Waals surface area (Å²) in [5, 5.41) is 10.3. The standard InChI is InChI=1S/C19H24N4O5S/c1-13-5-2-3-11-23(13)29(25,26)15-9-7-14(8-10-15)17(24)20-19-22-21-18(28-19)16-6-4-12-27-16/h7-10,13,16H,2-6,11-12H2,1H3,(H,20,22,24). The SMILES string of the molecule is CC1CCCCN1S(=O)(=O)c1ccc(C(=O)Nc2nnc(C3CCCO3)o2)cc1. The summed E-state index contributed by atoms with van der Waals surface area (Å²) in [6, 6.07) is 5.84. The van der Waals surface area contributed by atoms with Crippen LogP contribution in [0.25, 0.3) is 0 Å². The van der Waals surface area contributed by atoms with Gasteiger partial charge in [0.2, 0.25) is 15.9 Å². The Hall–Kier alpha value is -2.30. The minimum Gasteiger partial charge on any atom is -0.405 e. The first kappa shape index (κ1) is 20.0. The van der Waals surface area contributed by atoms with Crippen LogP contribution in [0.15, 0.2) is 33.6 Å². The number of amides is 1. The minimum absolute atomic E-state index is 0.0145. The Kier molecular flexibility index (Phi) is 5.66. The molecule has 2 saturated heterocycles. The van der Waals surface area contributed by atoms with Crippen LogP contribution in [-0.2, 0) is 14.8 Å². The molecule has 0 aliphatic carbocycles. The van der Waals surface area contributed by atoms with E-state index in [4.69, 9.17) is 9.15 Å². The van der Waals surface area contributed by atoms with Crippen molar-refractivity contribution < 1.29 is 22.4 Å². The van der Waals surface area contributed by atoms with Crippen molar-refractivity contribution in [2.45, 2.75) is 56.1 Å². The summed E-state index contributed by atoms with van der Waals surface area (Å²) in [5.74, 6) is -0.113. The molecular weight excluding hydrogens is 396 g/mol. The number of benzene rings is 1. The van der Waals surface area contributed by atoms with Crippen molar-refractivity contribution in [2.75, 3.05) is 18.5 Å². The molecular formula is C19H24N4O5S. The monoisotopic (exact) mass is 420 g/mol. The fourth-order valence-electron chi connectivity index (χ4n) is 3.70. The van der Waals surface area contributed by atoms with Crippen molar-refractivity contribution in [1.82, 2.24) is 14.5 Å². The van der Waals surface area contributed by atoms with E-state index >= 15 is 0 Å². The number of rotatable bonds is 5. The Labute approximate surface area is 169 Å². The van der Waals surface area contributed by atoms with Gasteiger partial charge in [-0.25, -0.2) is 8.42 Å². The summed E-state index contributed by atoms with van der Waals surface area (Å²) in [6.45, 7) is 3.10. The van der Waals surface area contributed by atoms with Crippen molar-refractivity contribution in [3.63, 3.8) is 0 Å². The van der Waals surface area contributed by atoms with Gasteiger partial charge >= 0.3 is 6.01 Å². The molecule has 2 fully saturated rings. The van der Waals surface area contributed by atoms with E-state index in [1.807, 2.05) is 6.92 Å². The second kappa shape index (κ2) is 8.21. The van der Waals surface area contributed by atoms with Gasteiger partial charge in [-0.2, -0.15) is 4.31 Å². The highest BCUT2D eigenvalue weighted by Crippen LogP contribution is 2.28. The number of nitrogens with zero attached hydrogens (tertiary/aromatic N) is 3. The number of aromatic nitrogens is 2. The van der Waals surface area contributed by atoms with Crippen molar-refractivity contribution in [2.24, 2.45) is 0 Å². The molecule has 3 heterocycles. The molecule has 0 radical (unpaired) electrons. The molecule has 1 aromatic heterocycles. The average Bonchev–Trinajstić information content (AvgIpc) is 3.40. The Morgan fingerprint density at radius 1 is 1.14 bits per heavy atom. The Morgan fingerprint density at radius 3 is 2.62 bits per heavy atom. The van der Waals surface area contributed by atoms with Gasteiger partial charge in [-0.3, -0.25) is 10.1 Å². The average molecular weight is 420 g/mol. The van der Waals surface area contributed by atoms with Crippen molar-refractivity contribution in [3.8, 4) is 0 Å². The number of ether oxygens (including phenoxy) is 1. The van der Waals surface area contributed by atoms with Gasteiger partial charge in [0.1, 0.15) is 6.10 Å². The molecule has 1 amide bonds. The molecule has 4 rings (SSSR count). The van der Waals surface area contributed by atoms with Crippen LogP contribution in [-0.4, -0.2) is 48.0 Å². The normalized spacial score (nSPS) is 23.2. The fourth-order valence-corrected chi connectivity index (χ4v) is 5.40. The highest BCUT2D eigenvalue weighted by molar-refractivity contribution is 7.89. The molecule has 1 N–H and O–H groups in total. The fraction of sp³-hybridized carbons (Fsp3) is 0.526. The van der Waals surface area contributed by atoms with E-state index in [-0.39, 0.29) is 23.1 Å². The topological polar surface area (TPSA) is 115 Å². The smallest absolute Gasteiger partial charge is 0.322 e. The number of hydrogen-bond acceptors (Lipinski definition) is 7. The van der Waals surface area contributed by atoms with E-state index in [0.717, 1.165) is 32.1 Å². The van der Waals surface area contributed by atoms with Crippen LogP contribution in [0, 0.1) is 0 Å². The molecule has 156 valence electrons. The third-order valence-electron chi connectivity index (χ3n) is 5.33. The lowest BCUT2D eigenvalue weighted by Gasteiger charge is -2.32. The number of nitrogens with one attached hydrogen (secondary N) is 1. The number of sulfonamides is 1. The van der Waals surface area contributed by atoms with E-state index in [9.17, 15) is 13.2 Å². The minimum atomic E-state index is -3.57. The summed E-state index contributed by atoms with van der Waals surface area (Å²) >= 11 is 0. The first-order chi connectivity index (χ1) is 13.9. The maximum atomic E-state index is 12.9. The van der Waals surface area contributed by atoms with E-state index in [2.05, 4.69) is 15.5 Å². The number of carbonyl (C=O) groups excluding carboxylic acids is 1. The first-order valence-corrected chi connectivity index (χ1v) is 11.3. The highest BCUT2D eigenvalue weighted by atomic mass is 32.2. The molecule has 1 aromatic carbocycles. The van der Waals surface area contributed by atoms with Gasteiger partial charge in [0.05, 0.1) is 4.90 Å². The summed E-state index contributed by atoms with van der Waals surface area (Å²) in [6.07, 6.45) is 4.27. The second-order valence-corrected chi connectivity index (χ2v) is 9.28. The Morgan fingerprint density at radius 2 is 1.93 bits per heavy atom. The van der Waals surface area contributed by atoms with Gasteiger partial charge in [-0.15, -0.1) is 5.10 Å². The molecule has 9 nitrogen and oxygen atoms in total. The molecule has 0 bridgehead atoms. The van der Waals surface area contributed by atoms with Crippen LogP contribution in [0.3, 0.4) is 0 Å². The molecule has 2 aliphatic heterocycles. The van der Waals surface area contributed by atoms with Crippen LogP contribution < -0.4 is 5.32 Å². The lowest BCUT2D eigenvalue weighted by Crippen LogP contribution is -2.41. The van der Waals surface area contributed by atoms with Crippen LogP contribution in [0.1, 0.15) is 61.4 Å². The third-order valence-corrected chi connectivity index (χ3v) is 7.36. The molecule has 2 aliphatic rings. The van der Waals surface area contributed by atoms with Gasteiger partial charge < -0.3 is 9.15 Å². The van der Waals surface area contributed by atoms with E-state index < -0.39 is 15.9 Å². The summed E-state index contributed by atoms with van der Waals surface area (Å²) in [5.41, 5.74) is 0.299. The second-order valence-electron chi connectivity index (χ2n) is 7.39. The number of anilines is 1. The largest absolute Gasteiger partial charge is 0.405 e. The molecule has 0 spiro atoms. The molecule has 2 aromatic rings. The summed E-state index contributed by atoms with van der Waals surface area (Å²) < 4.78 is 38.2. The molecule has 2 atom stereocenters. The Balaban J connectivity index is 1.44. The predicted octanol–water partition coefficient (Wildman–Crippen LogP) is 2.74. The first-order valence-electron chi connectivity index (χ1n) is 9.83. The van der Waals surface area contributed by atoms with Crippen LogP contribution >= 0.6 is 0 Å². The van der Waals surface area contributed by atoms with Crippen LogP contribution in [0.2, 0.25) is 0 Å². The highest BCUT2D eigenvalue weighted by Gasteiger charge is 2.31. The van der Waals surface area contributed by atoms with Crippen molar-refractivity contribution in [3.05, 3.63) is 35.7 Å². The zero-order valence-corrected chi connectivity index (χ0v) is 17.0. The summed E-state index contributed by atoms with van der Waals surface area (Å²) in [7, 11) is -3.57. The van der Waals surface area contributed by atoms with Crippen LogP contribution in [0.5, 0.6) is 0 Å². The number of carbonyl (C=O) groups is 1. The number of hydrogen-bond donors (Lipinski definition) is 1. The van der Waals surface area contributed by atoms with Gasteiger partial charge in [0.15, 0.2) is 0 Å². The summed E-state index contributed by atoms with van der Waals surface area (Å²) in [4.78, 5) is 12.6. The zero-order valence-electron chi connectivity index (χ0n) is 16.2. The molecule has 10 heteroatoms. The van der Waals surface area contributed by atoms with Gasteiger partial charge in [-0.05, 0) is 56.9 Å². The van der Waals surface area contributed by atoms with Gasteiger partial charge in [-0.1, -0.05) is 11.5 Å².